The molecular formula is C29H30N4O4. The Morgan fingerprint density at radius 2 is 1.76 bits per heavy atom. The number of phenols is 2. The van der Waals surface area contributed by atoms with E-state index in [2.05, 4.69) is 20.1 Å². The highest BCUT2D eigenvalue weighted by atomic mass is 16.5. The summed E-state index contributed by atoms with van der Waals surface area (Å²) < 4.78 is 5.73. The van der Waals surface area contributed by atoms with E-state index in [0.29, 0.717) is 11.3 Å². The van der Waals surface area contributed by atoms with E-state index in [9.17, 15) is 15.0 Å². The van der Waals surface area contributed by atoms with Crippen molar-refractivity contribution in [3.05, 3.63) is 72.4 Å². The predicted molar refractivity (Wildman–Crippen MR) is 145 cm³/mol. The van der Waals surface area contributed by atoms with E-state index in [-0.39, 0.29) is 17.4 Å². The first-order valence-electron chi connectivity index (χ1n) is 12.3. The number of methoxy groups -OCH3 is 1. The SMILES string of the molecule is COc1ccc(NC(C)=O)c(N2CCN(Cc3ccc(O)c4ncccc34)CC2)c1-c1ccc(O)cc1. The molecule has 1 amide bonds. The number of benzene rings is 3. The zero-order chi connectivity index (χ0) is 25.9. The van der Waals surface area contributed by atoms with Crippen LogP contribution in [0.25, 0.3) is 22.0 Å². The number of nitrogens with zero attached hydrogens (tertiary/aromatic N) is 3. The third-order valence-corrected chi connectivity index (χ3v) is 6.75. The lowest BCUT2D eigenvalue weighted by Gasteiger charge is -2.38. The number of aromatic nitrogens is 1. The standard InChI is InChI=1S/C29H30N4O4/c1-19(34)31-24-10-12-26(37-2)27(20-5-8-22(35)9-6-20)29(24)33-16-14-32(15-17-33)18-21-7-11-25(36)28-23(21)4-3-13-30-28/h3-13,35-36H,14-18H2,1-2H3,(H,31,34). The molecule has 1 aliphatic heterocycles. The van der Waals surface area contributed by atoms with Crippen LogP contribution in [-0.2, 0) is 11.3 Å². The molecule has 0 atom stereocenters. The smallest absolute Gasteiger partial charge is 0.221 e. The minimum Gasteiger partial charge on any atom is -0.508 e. The third kappa shape index (κ3) is 5.01. The number of amides is 1. The van der Waals surface area contributed by atoms with Crippen molar-refractivity contribution in [2.45, 2.75) is 13.5 Å². The van der Waals surface area contributed by atoms with Gasteiger partial charge in [0.05, 0.1) is 18.5 Å². The summed E-state index contributed by atoms with van der Waals surface area (Å²) in [5, 5.41) is 24.0. The number of phenolic OH excluding ortho intramolecular Hbond substituents is 2. The molecule has 1 aliphatic rings. The molecule has 1 fully saturated rings. The molecule has 3 aromatic carbocycles. The Hall–Kier alpha value is -4.30. The van der Waals surface area contributed by atoms with Crippen molar-refractivity contribution in [3.8, 4) is 28.4 Å². The molecule has 37 heavy (non-hydrogen) atoms. The fraction of sp³-hybridized carbons (Fsp3) is 0.241. The van der Waals surface area contributed by atoms with Gasteiger partial charge in [-0.15, -0.1) is 0 Å². The number of carbonyl (C=O) groups is 1. The summed E-state index contributed by atoms with van der Waals surface area (Å²) in [6, 6.07) is 18.3. The van der Waals surface area contributed by atoms with E-state index in [1.807, 2.05) is 42.5 Å². The van der Waals surface area contributed by atoms with E-state index in [1.165, 1.54) is 6.92 Å². The number of fused-ring (bicyclic) bond motifs is 1. The molecule has 190 valence electrons. The van der Waals surface area contributed by atoms with Gasteiger partial charge in [0.25, 0.3) is 0 Å². The number of aromatic hydroxyl groups is 2. The first-order valence-corrected chi connectivity index (χ1v) is 12.3. The van der Waals surface area contributed by atoms with Gasteiger partial charge >= 0.3 is 0 Å². The normalized spacial score (nSPS) is 14.1. The fourth-order valence-corrected chi connectivity index (χ4v) is 4.99. The van der Waals surface area contributed by atoms with Crippen LogP contribution < -0.4 is 15.0 Å². The van der Waals surface area contributed by atoms with Gasteiger partial charge in [0, 0.05) is 56.8 Å². The summed E-state index contributed by atoms with van der Waals surface area (Å²) >= 11 is 0. The molecule has 8 nitrogen and oxygen atoms in total. The van der Waals surface area contributed by atoms with Crippen molar-refractivity contribution in [2.24, 2.45) is 0 Å². The van der Waals surface area contributed by atoms with Crippen LogP contribution in [0, 0.1) is 0 Å². The summed E-state index contributed by atoms with van der Waals surface area (Å²) in [5.74, 6) is 0.928. The second-order valence-corrected chi connectivity index (χ2v) is 9.17. The van der Waals surface area contributed by atoms with Gasteiger partial charge in [-0.2, -0.15) is 0 Å². The van der Waals surface area contributed by atoms with Crippen LogP contribution in [0.4, 0.5) is 11.4 Å². The maximum absolute atomic E-state index is 12.1. The predicted octanol–water partition coefficient (Wildman–Crippen LogP) is 4.60. The first kappa shape index (κ1) is 24.4. The van der Waals surface area contributed by atoms with Gasteiger partial charge in [-0.1, -0.05) is 24.3 Å². The monoisotopic (exact) mass is 498 g/mol. The molecule has 0 bridgehead atoms. The van der Waals surface area contributed by atoms with E-state index in [4.69, 9.17) is 4.74 Å². The van der Waals surface area contributed by atoms with Gasteiger partial charge in [0.1, 0.15) is 22.8 Å². The number of piperazine rings is 1. The summed E-state index contributed by atoms with van der Waals surface area (Å²) in [7, 11) is 1.63. The van der Waals surface area contributed by atoms with Crippen LogP contribution in [0.2, 0.25) is 0 Å². The van der Waals surface area contributed by atoms with Crippen molar-refractivity contribution >= 4 is 28.2 Å². The highest BCUT2D eigenvalue weighted by molar-refractivity contribution is 5.99. The second kappa shape index (κ2) is 10.4. The lowest BCUT2D eigenvalue weighted by atomic mass is 9.99. The van der Waals surface area contributed by atoms with Gasteiger partial charge in [0.15, 0.2) is 0 Å². The van der Waals surface area contributed by atoms with Gasteiger partial charge in [-0.25, -0.2) is 0 Å². The average molecular weight is 499 g/mol. The summed E-state index contributed by atoms with van der Waals surface area (Å²) in [6.45, 7) is 5.38. The largest absolute Gasteiger partial charge is 0.508 e. The maximum atomic E-state index is 12.1. The molecule has 4 aromatic rings. The lowest BCUT2D eigenvalue weighted by molar-refractivity contribution is -0.114. The summed E-state index contributed by atoms with van der Waals surface area (Å²) in [5.41, 5.74) is 5.13. The number of nitrogens with one attached hydrogen (secondary N) is 1. The van der Waals surface area contributed by atoms with Crippen molar-refractivity contribution in [2.75, 3.05) is 43.5 Å². The van der Waals surface area contributed by atoms with Crippen LogP contribution in [0.15, 0.2) is 66.9 Å². The van der Waals surface area contributed by atoms with E-state index >= 15 is 0 Å². The maximum Gasteiger partial charge on any atom is 0.221 e. The average Bonchev–Trinajstić information content (AvgIpc) is 2.91. The second-order valence-electron chi connectivity index (χ2n) is 9.17. The molecule has 0 radical (unpaired) electrons. The number of hydrogen-bond acceptors (Lipinski definition) is 7. The molecule has 0 unspecified atom stereocenters. The summed E-state index contributed by atoms with van der Waals surface area (Å²) in [6.07, 6.45) is 1.69. The van der Waals surface area contributed by atoms with Gasteiger partial charge < -0.3 is 25.2 Å². The number of pyridine rings is 1. The zero-order valence-corrected chi connectivity index (χ0v) is 20.9. The van der Waals surface area contributed by atoms with Crippen LogP contribution in [0.1, 0.15) is 12.5 Å². The van der Waals surface area contributed by atoms with Crippen LogP contribution in [-0.4, -0.2) is 59.3 Å². The molecule has 3 N–H and O–H groups in total. The van der Waals surface area contributed by atoms with Gasteiger partial charge in [-0.3, -0.25) is 14.7 Å². The number of rotatable bonds is 6. The van der Waals surface area contributed by atoms with Gasteiger partial charge in [-0.05, 0) is 47.5 Å². The van der Waals surface area contributed by atoms with Crippen LogP contribution in [0.3, 0.4) is 0 Å². The Morgan fingerprint density at radius 3 is 2.46 bits per heavy atom. The lowest BCUT2D eigenvalue weighted by Crippen LogP contribution is -2.46. The molecular weight excluding hydrogens is 468 g/mol. The molecule has 1 saturated heterocycles. The third-order valence-electron chi connectivity index (χ3n) is 6.75. The number of ether oxygens (including phenoxy) is 1. The Bertz CT molecular complexity index is 1430. The van der Waals surface area contributed by atoms with E-state index in [0.717, 1.165) is 66.2 Å². The molecule has 0 aliphatic carbocycles. The number of carbonyl (C=O) groups excluding carboxylic acids is 1. The van der Waals surface area contributed by atoms with Crippen LogP contribution in [0.5, 0.6) is 17.2 Å². The summed E-state index contributed by atoms with van der Waals surface area (Å²) in [4.78, 5) is 21.1. The van der Waals surface area contributed by atoms with E-state index < -0.39 is 0 Å². The highest BCUT2D eigenvalue weighted by Gasteiger charge is 2.26. The minimum atomic E-state index is -0.144. The molecule has 8 heteroatoms. The first-order chi connectivity index (χ1) is 17.9. The van der Waals surface area contributed by atoms with Crippen molar-refractivity contribution in [1.29, 1.82) is 0 Å². The topological polar surface area (TPSA) is 98.2 Å². The Morgan fingerprint density at radius 1 is 1.00 bits per heavy atom. The minimum absolute atomic E-state index is 0.144. The van der Waals surface area contributed by atoms with Crippen molar-refractivity contribution in [3.63, 3.8) is 0 Å². The number of anilines is 2. The van der Waals surface area contributed by atoms with Crippen molar-refractivity contribution < 1.29 is 19.7 Å². The Balaban J connectivity index is 1.45. The molecule has 5 rings (SSSR count). The molecule has 0 spiro atoms. The van der Waals surface area contributed by atoms with E-state index in [1.54, 1.807) is 31.5 Å². The highest BCUT2D eigenvalue weighted by Crippen LogP contribution is 2.44. The molecule has 0 saturated carbocycles. The molecule has 1 aromatic heterocycles. The molecule has 2 heterocycles. The quantitative estimate of drug-likeness (QED) is 0.357. The van der Waals surface area contributed by atoms with Crippen LogP contribution >= 0.6 is 0 Å². The Kier molecular flexibility index (Phi) is 6.83. The van der Waals surface area contributed by atoms with Gasteiger partial charge in [0.2, 0.25) is 5.91 Å². The fourth-order valence-electron chi connectivity index (χ4n) is 4.99. The number of hydrogen-bond donors (Lipinski definition) is 3. The van der Waals surface area contributed by atoms with Crippen molar-refractivity contribution in [1.82, 2.24) is 9.88 Å². The Labute approximate surface area is 215 Å². The zero-order valence-electron chi connectivity index (χ0n) is 20.9.